The number of carboxylic acid groups (broad SMARTS) is 1. The van der Waals surface area contributed by atoms with Crippen molar-refractivity contribution in [3.8, 4) is 5.75 Å². The first-order valence-corrected chi connectivity index (χ1v) is 17.4. The number of aromatic nitrogens is 4. The van der Waals surface area contributed by atoms with Gasteiger partial charge in [0.2, 0.25) is 10.0 Å². The highest BCUT2D eigenvalue weighted by atomic mass is 35.5. The van der Waals surface area contributed by atoms with Crippen molar-refractivity contribution in [2.75, 3.05) is 13.2 Å². The zero-order valence-corrected chi connectivity index (χ0v) is 27.0. The molecular weight excluding hydrogens is 590 g/mol. The molecule has 3 N–H and O–H groups in total. The second-order valence-corrected chi connectivity index (χ2v) is 15.3. The maximum absolute atomic E-state index is 13.9. The minimum Gasteiger partial charge on any atom is -0.492 e. The number of sulfonamides is 1. The first-order chi connectivity index (χ1) is 20.4. The second-order valence-electron chi connectivity index (χ2n) is 13.2. The summed E-state index contributed by atoms with van der Waals surface area (Å²) in [7, 11) is -4.00. The van der Waals surface area contributed by atoms with E-state index in [-0.39, 0.29) is 42.1 Å². The maximum Gasteiger partial charge on any atom is 0.303 e. The summed E-state index contributed by atoms with van der Waals surface area (Å²) in [5, 5.41) is 22.0. The minimum absolute atomic E-state index is 0.0505. The number of aliphatic carboxylic acids is 1. The average Bonchev–Trinajstić information content (AvgIpc) is 3.56. The van der Waals surface area contributed by atoms with Gasteiger partial charge in [-0.2, -0.15) is 14.7 Å². The van der Waals surface area contributed by atoms with E-state index >= 15 is 0 Å². The molecule has 0 radical (unpaired) electrons. The van der Waals surface area contributed by atoms with Crippen LogP contribution in [0, 0.1) is 0 Å². The summed E-state index contributed by atoms with van der Waals surface area (Å²) in [6.07, 6.45) is 11.3. The number of ether oxygens (including phenoxy) is 1. The molecule has 10 nitrogen and oxygen atoms in total. The predicted octanol–water partition coefficient (Wildman–Crippen LogP) is 6.48. The molecule has 5 rings (SSSR count). The van der Waals surface area contributed by atoms with E-state index in [9.17, 15) is 13.2 Å². The standard InChI is InChI=1S/C31H44ClN5O5S/c1-30(2,29-35-34-28-26(32)27(36-37(28)29)31(3)16-8-5-9-17-31)20-33-43(40,41)24-19-22(21-11-6-4-7-12-21)14-15-23(24)42-18-10-13-25(38)39/h14-15,19,21,33-34H,4-13,16-18,20H2,1-3H3,(H,38,39). The lowest BCUT2D eigenvalue weighted by Gasteiger charge is -2.32. The lowest BCUT2D eigenvalue weighted by molar-refractivity contribution is -0.137. The maximum atomic E-state index is 13.9. The Kier molecular flexibility index (Phi) is 9.44. The third-order valence-electron chi connectivity index (χ3n) is 9.26. The molecule has 0 spiro atoms. The Morgan fingerprint density at radius 2 is 1.88 bits per heavy atom. The van der Waals surface area contributed by atoms with Gasteiger partial charge in [0.15, 0.2) is 11.5 Å². The van der Waals surface area contributed by atoms with Gasteiger partial charge in [-0.1, -0.05) is 77.0 Å². The van der Waals surface area contributed by atoms with E-state index in [0.717, 1.165) is 62.6 Å². The number of aromatic amines is 1. The largest absolute Gasteiger partial charge is 0.492 e. The number of halogens is 1. The molecule has 2 fully saturated rings. The summed E-state index contributed by atoms with van der Waals surface area (Å²) in [6.45, 7) is 6.23. The van der Waals surface area contributed by atoms with Gasteiger partial charge >= 0.3 is 5.97 Å². The highest BCUT2D eigenvalue weighted by Crippen LogP contribution is 2.43. The Bertz CT molecular complexity index is 1550. The van der Waals surface area contributed by atoms with Crippen molar-refractivity contribution in [3.63, 3.8) is 0 Å². The van der Waals surface area contributed by atoms with E-state index < -0.39 is 21.4 Å². The van der Waals surface area contributed by atoms with Crippen LogP contribution in [0.15, 0.2) is 23.1 Å². The van der Waals surface area contributed by atoms with Gasteiger partial charge in [0, 0.05) is 23.8 Å². The van der Waals surface area contributed by atoms with Gasteiger partial charge in [0.25, 0.3) is 0 Å². The van der Waals surface area contributed by atoms with Gasteiger partial charge in [-0.3, -0.25) is 9.89 Å². The van der Waals surface area contributed by atoms with Crippen molar-refractivity contribution in [2.24, 2.45) is 0 Å². The second kappa shape index (κ2) is 12.8. The van der Waals surface area contributed by atoms with E-state index in [1.54, 1.807) is 16.6 Å². The number of fused-ring (bicyclic) bond motifs is 1. The Morgan fingerprint density at radius 3 is 2.58 bits per heavy atom. The number of H-pyrrole nitrogens is 1. The van der Waals surface area contributed by atoms with Crippen LogP contribution in [0.4, 0.5) is 0 Å². The van der Waals surface area contributed by atoms with Crippen molar-refractivity contribution in [2.45, 2.75) is 119 Å². The quantitative estimate of drug-likeness (QED) is 0.194. The molecule has 236 valence electrons. The highest BCUT2D eigenvalue weighted by Gasteiger charge is 2.37. The SMILES string of the molecule is CC(C)(CNS(=O)(=O)c1cc(C2CCCCC2)ccc1OCCCC(=O)O)c1n[nH]c2c(Cl)c(C3(C)CCCCC3)nn12. The van der Waals surface area contributed by atoms with Crippen LogP contribution in [-0.2, 0) is 25.6 Å². The fraction of sp³-hybridized carbons (Fsp3) is 0.645. The van der Waals surface area contributed by atoms with Gasteiger partial charge in [-0.15, -0.1) is 0 Å². The van der Waals surface area contributed by atoms with Crippen LogP contribution >= 0.6 is 11.6 Å². The van der Waals surface area contributed by atoms with Gasteiger partial charge in [-0.25, -0.2) is 13.1 Å². The van der Waals surface area contributed by atoms with Crippen molar-refractivity contribution in [1.82, 2.24) is 24.5 Å². The fourth-order valence-corrected chi connectivity index (χ4v) is 8.35. The average molecular weight is 634 g/mol. The summed E-state index contributed by atoms with van der Waals surface area (Å²) in [5.41, 5.74) is 1.63. The van der Waals surface area contributed by atoms with Crippen LogP contribution in [-0.4, -0.2) is 52.5 Å². The van der Waals surface area contributed by atoms with Gasteiger partial charge in [-0.05, 0) is 55.7 Å². The molecule has 0 aliphatic heterocycles. The molecule has 3 aromatic rings. The van der Waals surface area contributed by atoms with Crippen molar-refractivity contribution >= 4 is 33.2 Å². The third-order valence-corrected chi connectivity index (χ3v) is 11.0. The van der Waals surface area contributed by atoms with Gasteiger partial charge in [0.1, 0.15) is 15.7 Å². The molecule has 2 aromatic heterocycles. The number of carboxylic acids is 1. The molecule has 12 heteroatoms. The Balaban J connectivity index is 1.39. The van der Waals surface area contributed by atoms with Gasteiger partial charge < -0.3 is 9.84 Å². The van der Waals surface area contributed by atoms with E-state index in [1.165, 1.54) is 12.8 Å². The van der Waals surface area contributed by atoms with Crippen molar-refractivity contribution in [3.05, 3.63) is 40.3 Å². The summed E-state index contributed by atoms with van der Waals surface area (Å²) < 4.78 is 38.1. The number of nitrogens with zero attached hydrogens (tertiary/aromatic N) is 3. The fourth-order valence-electron chi connectivity index (χ4n) is 6.58. The lowest BCUT2D eigenvalue weighted by Crippen LogP contribution is -2.38. The predicted molar refractivity (Wildman–Crippen MR) is 166 cm³/mol. The normalized spacial score (nSPS) is 18.2. The number of carbonyl (C=O) groups is 1. The summed E-state index contributed by atoms with van der Waals surface area (Å²) >= 11 is 6.83. The zero-order valence-electron chi connectivity index (χ0n) is 25.4. The first kappa shape index (κ1) is 31.8. The molecule has 0 saturated heterocycles. The lowest BCUT2D eigenvalue weighted by atomic mass is 9.73. The number of hydrogen-bond acceptors (Lipinski definition) is 6. The monoisotopic (exact) mass is 633 g/mol. The zero-order chi connectivity index (χ0) is 30.8. The number of rotatable bonds is 12. The first-order valence-electron chi connectivity index (χ1n) is 15.5. The number of hydrogen-bond donors (Lipinski definition) is 3. The molecule has 1 aromatic carbocycles. The van der Waals surface area contributed by atoms with Crippen LogP contribution in [0.2, 0.25) is 5.02 Å². The molecule has 0 unspecified atom stereocenters. The van der Waals surface area contributed by atoms with E-state index in [2.05, 4.69) is 21.8 Å². The molecule has 0 atom stereocenters. The summed E-state index contributed by atoms with van der Waals surface area (Å²) in [4.78, 5) is 11.0. The van der Waals surface area contributed by atoms with Crippen LogP contribution in [0.25, 0.3) is 5.65 Å². The Hall–Kier alpha value is -2.63. The van der Waals surface area contributed by atoms with E-state index in [4.69, 9.17) is 26.5 Å². The highest BCUT2D eigenvalue weighted by molar-refractivity contribution is 7.89. The third kappa shape index (κ3) is 6.88. The molecule has 0 bridgehead atoms. The van der Waals surface area contributed by atoms with E-state index in [1.807, 2.05) is 19.9 Å². The summed E-state index contributed by atoms with van der Waals surface area (Å²) in [5.74, 6) is 0.196. The minimum atomic E-state index is -4.00. The Morgan fingerprint density at radius 1 is 1.19 bits per heavy atom. The Labute approximate surface area is 259 Å². The molecule has 0 amide bonds. The number of nitrogens with one attached hydrogen (secondary N) is 2. The topological polar surface area (TPSA) is 139 Å². The molecule has 2 saturated carbocycles. The molecule has 43 heavy (non-hydrogen) atoms. The molecular formula is C31H44ClN5O5S. The van der Waals surface area contributed by atoms with Crippen molar-refractivity contribution in [1.29, 1.82) is 0 Å². The van der Waals surface area contributed by atoms with Crippen LogP contribution in [0.1, 0.15) is 121 Å². The smallest absolute Gasteiger partial charge is 0.303 e. The van der Waals surface area contributed by atoms with Crippen LogP contribution in [0.5, 0.6) is 5.75 Å². The molecule has 2 aliphatic carbocycles. The summed E-state index contributed by atoms with van der Waals surface area (Å²) in [6, 6.07) is 5.38. The van der Waals surface area contributed by atoms with Gasteiger partial charge in [0.05, 0.1) is 12.3 Å². The van der Waals surface area contributed by atoms with Crippen molar-refractivity contribution < 1.29 is 23.1 Å². The van der Waals surface area contributed by atoms with E-state index in [0.29, 0.717) is 22.4 Å². The van der Waals surface area contributed by atoms with Crippen LogP contribution < -0.4 is 9.46 Å². The molecule has 2 heterocycles. The molecule has 2 aliphatic rings. The van der Waals surface area contributed by atoms with Crippen LogP contribution in [0.3, 0.4) is 0 Å². The number of benzene rings is 1.